The minimum atomic E-state index is -2.53. The fraction of sp³-hybridized carbons (Fsp3) is 0. The van der Waals surface area contributed by atoms with E-state index in [1.54, 1.807) is 0 Å². The summed E-state index contributed by atoms with van der Waals surface area (Å²) in [6.45, 7) is 0. The van der Waals surface area contributed by atoms with Gasteiger partial charge in [0, 0.05) is 10.5 Å². The number of aromatic carboxylic acids is 1. The number of carboxylic acids is 1. The second-order valence-corrected chi connectivity index (χ2v) is 2.93. The van der Waals surface area contributed by atoms with Crippen LogP contribution in [0, 0.1) is 0 Å². The molecule has 0 amide bonds. The summed E-state index contributed by atoms with van der Waals surface area (Å²) in [6.07, 6.45) is 0. The fourth-order valence-electron chi connectivity index (χ4n) is 0.781. The summed E-state index contributed by atoms with van der Waals surface area (Å²) in [5, 5.41) is 10.3. The molecular weight excluding hydrogens is 194 g/mol. The molecule has 1 aromatic carbocycles. The molecular formula is C7H8NO4S-. The van der Waals surface area contributed by atoms with Gasteiger partial charge in [0.15, 0.2) is 0 Å². The maximum atomic E-state index is 10.4. The van der Waals surface area contributed by atoms with Crippen LogP contribution in [0.3, 0.4) is 0 Å². The molecule has 4 N–H and O–H groups in total. The first-order valence-electron chi connectivity index (χ1n) is 3.02. The Hall–Kier alpha value is -1.24. The van der Waals surface area contributed by atoms with E-state index in [9.17, 15) is 18.7 Å². The average molecular weight is 202 g/mol. The molecule has 0 radical (unpaired) electrons. The summed E-state index contributed by atoms with van der Waals surface area (Å²) >= 11 is -2.53. The first-order valence-corrected chi connectivity index (χ1v) is 4.10. The lowest BCUT2D eigenvalue weighted by Gasteiger charge is -2.11. The molecule has 6 heteroatoms. The SMILES string of the molecule is O=C([O-])c1ccccc1S(=O)[O-].[NH4+]. The van der Waals surface area contributed by atoms with Crippen LogP contribution < -0.4 is 11.3 Å². The summed E-state index contributed by atoms with van der Waals surface area (Å²) in [4.78, 5) is 10.1. The number of carbonyl (C=O) groups excluding carboxylic acids is 1. The summed E-state index contributed by atoms with van der Waals surface area (Å²) in [5.74, 6) is -1.49. The molecule has 1 atom stereocenters. The van der Waals surface area contributed by atoms with E-state index in [2.05, 4.69) is 0 Å². The molecule has 13 heavy (non-hydrogen) atoms. The predicted octanol–water partition coefficient (Wildman–Crippen LogP) is -0.336. The molecule has 0 bridgehead atoms. The van der Waals surface area contributed by atoms with Crippen molar-refractivity contribution < 1.29 is 18.7 Å². The lowest BCUT2D eigenvalue weighted by atomic mass is 10.2. The molecule has 0 aromatic heterocycles. The topological polar surface area (TPSA) is 117 Å². The maximum Gasteiger partial charge on any atom is 0.0727 e. The van der Waals surface area contributed by atoms with Crippen molar-refractivity contribution in [1.29, 1.82) is 0 Å². The summed E-state index contributed by atoms with van der Waals surface area (Å²) in [7, 11) is 0. The molecule has 0 aliphatic carbocycles. The lowest BCUT2D eigenvalue weighted by molar-refractivity contribution is -0.255. The Bertz CT molecular complexity index is 306. The summed E-state index contributed by atoms with van der Waals surface area (Å²) in [5.41, 5.74) is -0.314. The Morgan fingerprint density at radius 1 is 1.31 bits per heavy atom. The molecule has 0 heterocycles. The minimum Gasteiger partial charge on any atom is -0.768 e. The van der Waals surface area contributed by atoms with Gasteiger partial charge in [-0.3, -0.25) is 4.21 Å². The van der Waals surface area contributed by atoms with Gasteiger partial charge in [-0.1, -0.05) is 18.2 Å². The van der Waals surface area contributed by atoms with Crippen molar-refractivity contribution in [3.63, 3.8) is 0 Å². The molecule has 0 saturated carbocycles. The second kappa shape index (κ2) is 4.70. The van der Waals surface area contributed by atoms with E-state index in [0.29, 0.717) is 0 Å². The van der Waals surface area contributed by atoms with Crippen molar-refractivity contribution in [3.8, 4) is 0 Å². The van der Waals surface area contributed by atoms with Crippen molar-refractivity contribution in [3.05, 3.63) is 29.8 Å². The Morgan fingerprint density at radius 2 is 1.85 bits per heavy atom. The standard InChI is InChI=1S/C7H6O4S.H3N/c8-7(9)5-3-1-2-4-6(5)12(10)11;/h1-4H,(H,8,9)(H,10,11);1H3/p-1. The van der Waals surface area contributed by atoms with Gasteiger partial charge in [-0.2, -0.15) is 0 Å². The van der Waals surface area contributed by atoms with Gasteiger partial charge in [-0.15, -0.1) is 0 Å². The number of hydrogen-bond donors (Lipinski definition) is 1. The zero-order valence-corrected chi connectivity index (χ0v) is 7.67. The smallest absolute Gasteiger partial charge is 0.0727 e. The molecule has 0 aliphatic heterocycles. The molecule has 72 valence electrons. The molecule has 1 unspecified atom stereocenters. The van der Waals surface area contributed by atoms with Crippen LogP contribution in [0.15, 0.2) is 29.2 Å². The third-order valence-electron chi connectivity index (χ3n) is 1.29. The first kappa shape index (κ1) is 11.8. The summed E-state index contributed by atoms with van der Waals surface area (Å²) < 4.78 is 20.9. The molecule has 5 nitrogen and oxygen atoms in total. The van der Waals surface area contributed by atoms with Crippen LogP contribution in [0.2, 0.25) is 0 Å². The highest BCUT2D eigenvalue weighted by Gasteiger charge is 2.01. The third kappa shape index (κ3) is 2.62. The van der Waals surface area contributed by atoms with Gasteiger partial charge in [0.05, 0.1) is 5.97 Å². The molecule has 1 aromatic rings. The highest BCUT2D eigenvalue weighted by Crippen LogP contribution is 2.10. The van der Waals surface area contributed by atoms with Crippen LogP contribution in [0.25, 0.3) is 0 Å². The number of carboxylic acid groups (broad SMARTS) is 1. The normalized spacial score (nSPS) is 11.5. The van der Waals surface area contributed by atoms with Crippen molar-refractivity contribution in [1.82, 2.24) is 6.15 Å². The zero-order chi connectivity index (χ0) is 9.14. The Labute approximate surface area is 77.3 Å². The summed E-state index contributed by atoms with van der Waals surface area (Å²) in [6, 6.07) is 5.26. The van der Waals surface area contributed by atoms with Crippen molar-refractivity contribution in [2.45, 2.75) is 4.90 Å². The van der Waals surface area contributed by atoms with Crippen LogP contribution in [0.4, 0.5) is 0 Å². The number of carbonyl (C=O) groups is 1. The average Bonchev–Trinajstić information content (AvgIpc) is 2.04. The van der Waals surface area contributed by atoms with Crippen LogP contribution in [0.1, 0.15) is 10.4 Å². The van der Waals surface area contributed by atoms with Crippen LogP contribution in [0.5, 0.6) is 0 Å². The predicted molar refractivity (Wildman–Crippen MR) is 43.9 cm³/mol. The van der Waals surface area contributed by atoms with Gasteiger partial charge in [0.25, 0.3) is 0 Å². The third-order valence-corrected chi connectivity index (χ3v) is 2.00. The van der Waals surface area contributed by atoms with E-state index < -0.39 is 17.0 Å². The Morgan fingerprint density at radius 3 is 2.23 bits per heavy atom. The zero-order valence-electron chi connectivity index (χ0n) is 6.85. The number of benzene rings is 1. The van der Waals surface area contributed by atoms with Crippen molar-refractivity contribution >= 4 is 17.0 Å². The molecule has 0 saturated heterocycles. The molecule has 0 aliphatic rings. The van der Waals surface area contributed by atoms with Crippen LogP contribution >= 0.6 is 0 Å². The quantitative estimate of drug-likeness (QED) is 0.660. The highest BCUT2D eigenvalue weighted by atomic mass is 32.2. The van der Waals surface area contributed by atoms with Gasteiger partial charge in [-0.25, -0.2) is 0 Å². The monoisotopic (exact) mass is 202 g/mol. The van der Waals surface area contributed by atoms with Crippen molar-refractivity contribution in [2.24, 2.45) is 0 Å². The first-order chi connectivity index (χ1) is 5.63. The van der Waals surface area contributed by atoms with Crippen LogP contribution in [-0.4, -0.2) is 14.7 Å². The second-order valence-electron chi connectivity index (χ2n) is 2.02. The van der Waals surface area contributed by atoms with E-state index in [1.165, 1.54) is 24.3 Å². The number of hydrogen-bond acceptors (Lipinski definition) is 4. The fourth-order valence-corrected chi connectivity index (χ4v) is 1.30. The largest absolute Gasteiger partial charge is 0.768 e. The van der Waals surface area contributed by atoms with E-state index >= 15 is 0 Å². The minimum absolute atomic E-state index is 0. The highest BCUT2D eigenvalue weighted by molar-refractivity contribution is 7.79. The lowest BCUT2D eigenvalue weighted by Crippen LogP contribution is -2.23. The molecule has 0 fully saturated rings. The van der Waals surface area contributed by atoms with Crippen molar-refractivity contribution in [2.75, 3.05) is 0 Å². The van der Waals surface area contributed by atoms with Gasteiger partial charge in [0.2, 0.25) is 0 Å². The van der Waals surface area contributed by atoms with Crippen LogP contribution in [-0.2, 0) is 11.1 Å². The van der Waals surface area contributed by atoms with E-state index in [-0.39, 0.29) is 16.6 Å². The van der Waals surface area contributed by atoms with Gasteiger partial charge in [-0.05, 0) is 17.1 Å². The van der Waals surface area contributed by atoms with E-state index in [4.69, 9.17) is 0 Å². The van der Waals surface area contributed by atoms with E-state index in [0.717, 1.165) is 0 Å². The molecule has 0 spiro atoms. The Kier molecular flexibility index (Phi) is 4.26. The number of rotatable bonds is 2. The maximum absolute atomic E-state index is 10.4. The van der Waals surface area contributed by atoms with Gasteiger partial charge >= 0.3 is 0 Å². The van der Waals surface area contributed by atoms with Gasteiger partial charge < -0.3 is 20.6 Å². The number of quaternary nitrogens is 1. The van der Waals surface area contributed by atoms with Gasteiger partial charge in [0.1, 0.15) is 0 Å². The molecule has 1 rings (SSSR count). The van der Waals surface area contributed by atoms with E-state index in [1.807, 2.05) is 0 Å². The Balaban J connectivity index is 0.00000144.